The average molecular weight is 354 g/mol. The van der Waals surface area contributed by atoms with E-state index in [-0.39, 0.29) is 23.2 Å². The highest BCUT2D eigenvalue weighted by molar-refractivity contribution is 7.99. The Hall–Kier alpha value is -2.08. The quantitative estimate of drug-likeness (QED) is 0.847. The number of aromatic nitrogens is 3. The summed E-state index contributed by atoms with van der Waals surface area (Å²) in [6.07, 6.45) is 2.74. The Labute approximate surface area is 151 Å². The summed E-state index contributed by atoms with van der Waals surface area (Å²) in [4.78, 5) is 17.7. The lowest BCUT2D eigenvalue weighted by atomic mass is 9.72. The van der Waals surface area contributed by atoms with Crippen LogP contribution in [0.15, 0.2) is 47.3 Å². The van der Waals surface area contributed by atoms with Crippen molar-refractivity contribution in [2.45, 2.75) is 38.4 Å². The monoisotopic (exact) mass is 354 g/mol. The molecular weight excluding hydrogens is 332 g/mol. The normalized spacial score (nSPS) is 24.1. The van der Waals surface area contributed by atoms with Crippen molar-refractivity contribution >= 4 is 23.5 Å². The Balaban J connectivity index is 1.88. The van der Waals surface area contributed by atoms with Gasteiger partial charge in [-0.3, -0.25) is 4.79 Å². The number of fused-ring (bicyclic) bond motifs is 2. The summed E-state index contributed by atoms with van der Waals surface area (Å²) in [5.74, 6) is 1.66. The van der Waals surface area contributed by atoms with E-state index in [9.17, 15) is 4.79 Å². The van der Waals surface area contributed by atoms with Crippen LogP contribution in [0.5, 0.6) is 0 Å². The number of Topliss-reactive ketones (excluding diaryl/α,β-unsaturated/α-hetero) is 1. The van der Waals surface area contributed by atoms with Gasteiger partial charge in [-0.05, 0) is 16.7 Å². The van der Waals surface area contributed by atoms with Gasteiger partial charge in [0.25, 0.3) is 0 Å². The minimum absolute atomic E-state index is 0.139. The lowest BCUT2D eigenvalue weighted by molar-refractivity contribution is -0.125. The van der Waals surface area contributed by atoms with Crippen LogP contribution in [0.25, 0.3) is 0 Å². The van der Waals surface area contributed by atoms with Crippen LogP contribution < -0.4 is 5.32 Å². The Morgan fingerprint density at radius 2 is 2.08 bits per heavy atom. The molecule has 2 atom stereocenters. The maximum Gasteiger partial charge on any atom is 0.227 e. The number of allylic oxidation sites excluding steroid dienone is 2. The Morgan fingerprint density at radius 3 is 2.80 bits per heavy atom. The molecule has 0 amide bonds. The van der Waals surface area contributed by atoms with Crippen molar-refractivity contribution in [3.63, 3.8) is 0 Å². The van der Waals surface area contributed by atoms with E-state index in [1.165, 1.54) is 0 Å². The predicted octanol–water partition coefficient (Wildman–Crippen LogP) is 3.90. The molecular formula is C19H22N4OS. The van der Waals surface area contributed by atoms with E-state index in [0.717, 1.165) is 28.1 Å². The molecule has 25 heavy (non-hydrogen) atoms. The van der Waals surface area contributed by atoms with E-state index < -0.39 is 0 Å². The van der Waals surface area contributed by atoms with Gasteiger partial charge in [0.05, 0.1) is 12.0 Å². The van der Waals surface area contributed by atoms with Crippen LogP contribution >= 0.6 is 11.8 Å². The van der Waals surface area contributed by atoms with Gasteiger partial charge >= 0.3 is 0 Å². The lowest BCUT2D eigenvalue weighted by Gasteiger charge is -2.40. The zero-order valence-electron chi connectivity index (χ0n) is 14.7. The van der Waals surface area contributed by atoms with Crippen LogP contribution in [0.3, 0.4) is 0 Å². The third-order valence-electron chi connectivity index (χ3n) is 4.72. The van der Waals surface area contributed by atoms with Crippen molar-refractivity contribution in [3.05, 3.63) is 47.7 Å². The number of thioether (sulfide) groups is 1. The second-order valence-electron chi connectivity index (χ2n) is 7.29. The summed E-state index contributed by atoms with van der Waals surface area (Å²) in [6, 6.07) is 10.0. The van der Waals surface area contributed by atoms with Crippen molar-refractivity contribution in [1.82, 2.24) is 14.8 Å². The number of carbonyl (C=O) groups excluding carboxylic acids is 1. The molecule has 2 aliphatic rings. The molecule has 2 heterocycles. The minimum Gasteiger partial charge on any atom is -0.328 e. The smallest absolute Gasteiger partial charge is 0.227 e. The molecule has 1 aromatic carbocycles. The maximum atomic E-state index is 13.0. The fourth-order valence-corrected chi connectivity index (χ4v) is 4.34. The number of hydrogen-bond acceptors (Lipinski definition) is 5. The van der Waals surface area contributed by atoms with Gasteiger partial charge in [0, 0.05) is 12.1 Å². The SMILES string of the molecule is CCSc1nc2n(n1)[C@@H](c1ccccc1)[C@@H]1C(=O)CC(C)(C)C=C1N2. The molecule has 0 unspecified atom stereocenters. The van der Waals surface area contributed by atoms with E-state index in [4.69, 9.17) is 0 Å². The minimum atomic E-state index is -0.232. The summed E-state index contributed by atoms with van der Waals surface area (Å²) in [7, 11) is 0. The highest BCUT2D eigenvalue weighted by Gasteiger charge is 2.44. The standard InChI is InChI=1S/C19H22N4OS/c1-4-25-18-21-17-20-13-10-19(2,3)11-14(24)15(13)16(23(17)22-18)12-8-6-5-7-9-12/h5-10,15-16H,4,11H2,1-3H3,(H,20,21,22)/t15-,16-/m0/s1. The number of benzene rings is 1. The molecule has 0 radical (unpaired) electrons. The number of hydrogen-bond donors (Lipinski definition) is 1. The first kappa shape index (κ1) is 16.4. The number of nitrogens with zero attached hydrogens (tertiary/aromatic N) is 3. The van der Waals surface area contributed by atoms with Gasteiger partial charge < -0.3 is 5.32 Å². The molecule has 1 aliphatic carbocycles. The number of ketones is 1. The molecule has 0 spiro atoms. The summed E-state index contributed by atoms with van der Waals surface area (Å²) in [5, 5.41) is 8.81. The highest BCUT2D eigenvalue weighted by Crippen LogP contribution is 2.45. The largest absolute Gasteiger partial charge is 0.328 e. The van der Waals surface area contributed by atoms with Crippen molar-refractivity contribution in [3.8, 4) is 0 Å². The molecule has 1 aromatic heterocycles. The Bertz CT molecular complexity index is 840. The fourth-order valence-electron chi connectivity index (χ4n) is 3.78. The second-order valence-corrected chi connectivity index (χ2v) is 8.52. The Morgan fingerprint density at radius 1 is 1.32 bits per heavy atom. The van der Waals surface area contributed by atoms with Crippen molar-refractivity contribution < 1.29 is 4.79 Å². The molecule has 0 fully saturated rings. The van der Waals surface area contributed by atoms with Crippen LogP contribution in [0.2, 0.25) is 0 Å². The van der Waals surface area contributed by atoms with Gasteiger partial charge in [-0.15, -0.1) is 5.10 Å². The van der Waals surface area contributed by atoms with Gasteiger partial charge in [-0.1, -0.05) is 68.9 Å². The van der Waals surface area contributed by atoms with Gasteiger partial charge in [0.2, 0.25) is 11.1 Å². The average Bonchev–Trinajstić information content (AvgIpc) is 2.95. The Kier molecular flexibility index (Phi) is 3.95. The first-order chi connectivity index (χ1) is 12.0. The molecule has 1 N–H and O–H groups in total. The van der Waals surface area contributed by atoms with Gasteiger partial charge in [0.1, 0.15) is 5.78 Å². The number of carbonyl (C=O) groups is 1. The zero-order valence-corrected chi connectivity index (χ0v) is 15.5. The molecule has 0 saturated heterocycles. The molecule has 0 saturated carbocycles. The maximum absolute atomic E-state index is 13.0. The summed E-state index contributed by atoms with van der Waals surface area (Å²) in [5.41, 5.74) is 1.91. The number of rotatable bonds is 3. The molecule has 5 nitrogen and oxygen atoms in total. The van der Waals surface area contributed by atoms with Crippen LogP contribution in [0.1, 0.15) is 38.8 Å². The third-order valence-corrected chi connectivity index (χ3v) is 5.44. The second kappa shape index (κ2) is 6.02. The van der Waals surface area contributed by atoms with Crippen molar-refractivity contribution in [2.24, 2.45) is 11.3 Å². The van der Waals surface area contributed by atoms with Crippen LogP contribution in [-0.4, -0.2) is 26.3 Å². The predicted molar refractivity (Wildman–Crippen MR) is 99.6 cm³/mol. The van der Waals surface area contributed by atoms with E-state index in [2.05, 4.69) is 54.4 Å². The van der Waals surface area contributed by atoms with E-state index >= 15 is 0 Å². The van der Waals surface area contributed by atoms with E-state index in [1.54, 1.807) is 11.8 Å². The molecule has 4 rings (SSSR count). The topological polar surface area (TPSA) is 59.8 Å². The zero-order chi connectivity index (χ0) is 17.6. The van der Waals surface area contributed by atoms with Crippen molar-refractivity contribution in [1.29, 1.82) is 0 Å². The van der Waals surface area contributed by atoms with Gasteiger partial charge in [0.15, 0.2) is 0 Å². The highest BCUT2D eigenvalue weighted by atomic mass is 32.2. The van der Waals surface area contributed by atoms with Gasteiger partial charge in [-0.25, -0.2) is 4.68 Å². The number of anilines is 1. The van der Waals surface area contributed by atoms with E-state index in [0.29, 0.717) is 6.42 Å². The molecule has 0 bridgehead atoms. The summed E-state index contributed by atoms with van der Waals surface area (Å²) >= 11 is 1.61. The summed E-state index contributed by atoms with van der Waals surface area (Å²) < 4.78 is 1.89. The first-order valence-electron chi connectivity index (χ1n) is 8.65. The van der Waals surface area contributed by atoms with E-state index in [1.807, 2.05) is 22.9 Å². The van der Waals surface area contributed by atoms with Crippen LogP contribution in [0, 0.1) is 11.3 Å². The molecule has 2 aromatic rings. The first-order valence-corrected chi connectivity index (χ1v) is 9.64. The third kappa shape index (κ3) is 2.88. The van der Waals surface area contributed by atoms with Crippen LogP contribution in [-0.2, 0) is 4.79 Å². The van der Waals surface area contributed by atoms with Gasteiger partial charge in [-0.2, -0.15) is 4.98 Å². The molecule has 1 aliphatic heterocycles. The van der Waals surface area contributed by atoms with Crippen LogP contribution in [0.4, 0.5) is 5.95 Å². The lowest BCUT2D eigenvalue weighted by Crippen LogP contribution is -2.42. The fraction of sp³-hybridized carbons (Fsp3) is 0.421. The molecule has 6 heteroatoms. The van der Waals surface area contributed by atoms with Crippen molar-refractivity contribution in [2.75, 3.05) is 11.1 Å². The number of nitrogens with one attached hydrogen (secondary N) is 1. The molecule has 130 valence electrons. The summed E-state index contributed by atoms with van der Waals surface area (Å²) in [6.45, 7) is 6.29.